The van der Waals surface area contributed by atoms with Crippen molar-refractivity contribution in [3.8, 4) is 16.9 Å². The van der Waals surface area contributed by atoms with Gasteiger partial charge in [0.05, 0.1) is 11.1 Å². The van der Waals surface area contributed by atoms with E-state index < -0.39 is 11.9 Å². The van der Waals surface area contributed by atoms with Crippen molar-refractivity contribution in [1.82, 2.24) is 0 Å². The number of ether oxygens (including phenoxy) is 1. The molecule has 3 aromatic rings. The Labute approximate surface area is 149 Å². The predicted octanol–water partition coefficient (Wildman–Crippen LogP) is 4.92. The molecule has 5 heteroatoms. The van der Waals surface area contributed by atoms with E-state index in [4.69, 9.17) is 16.3 Å². The van der Waals surface area contributed by atoms with Crippen LogP contribution in [0.1, 0.15) is 20.7 Å². The molecule has 0 aliphatic heterocycles. The summed E-state index contributed by atoms with van der Waals surface area (Å²) in [4.78, 5) is 23.8. The molecule has 0 saturated carbocycles. The van der Waals surface area contributed by atoms with Crippen LogP contribution in [0.5, 0.6) is 5.75 Å². The monoisotopic (exact) mass is 352 g/mol. The zero-order valence-electron chi connectivity index (χ0n) is 13.0. The van der Waals surface area contributed by atoms with Gasteiger partial charge in [-0.2, -0.15) is 0 Å². The van der Waals surface area contributed by atoms with Crippen molar-refractivity contribution in [2.45, 2.75) is 0 Å². The Morgan fingerprint density at radius 1 is 0.800 bits per heavy atom. The van der Waals surface area contributed by atoms with E-state index in [1.54, 1.807) is 66.7 Å². The standard InChI is InChI=1S/C20H13ClO4/c21-14-11-9-13(10-12-14)20(24)25-18-8-4-3-6-16(18)15-5-1-2-7-17(15)19(22)23/h1-12H,(H,22,23). The van der Waals surface area contributed by atoms with Gasteiger partial charge in [0, 0.05) is 10.6 Å². The molecule has 0 unspecified atom stereocenters. The van der Waals surface area contributed by atoms with Gasteiger partial charge in [-0.15, -0.1) is 0 Å². The Bertz CT molecular complexity index is 932. The number of halogens is 1. The first-order chi connectivity index (χ1) is 12.1. The van der Waals surface area contributed by atoms with E-state index in [2.05, 4.69) is 0 Å². The zero-order valence-corrected chi connectivity index (χ0v) is 13.7. The van der Waals surface area contributed by atoms with Crippen LogP contribution >= 0.6 is 11.6 Å². The van der Waals surface area contributed by atoms with Crippen molar-refractivity contribution in [3.63, 3.8) is 0 Å². The minimum atomic E-state index is -1.05. The molecular formula is C20H13ClO4. The van der Waals surface area contributed by atoms with Gasteiger partial charge in [0.15, 0.2) is 0 Å². The molecule has 3 rings (SSSR count). The van der Waals surface area contributed by atoms with Gasteiger partial charge in [-0.05, 0) is 42.0 Å². The first kappa shape index (κ1) is 16.7. The molecule has 0 radical (unpaired) electrons. The molecule has 0 atom stereocenters. The molecule has 4 nitrogen and oxygen atoms in total. The van der Waals surface area contributed by atoms with Gasteiger partial charge >= 0.3 is 11.9 Å². The fourth-order valence-corrected chi connectivity index (χ4v) is 2.55. The summed E-state index contributed by atoms with van der Waals surface area (Å²) in [7, 11) is 0. The van der Waals surface area contributed by atoms with E-state index in [-0.39, 0.29) is 11.3 Å². The predicted molar refractivity (Wildman–Crippen MR) is 95.2 cm³/mol. The summed E-state index contributed by atoms with van der Waals surface area (Å²) >= 11 is 5.82. The molecule has 0 aliphatic carbocycles. The molecule has 124 valence electrons. The average molecular weight is 353 g/mol. The van der Waals surface area contributed by atoms with Crippen molar-refractivity contribution in [2.75, 3.05) is 0 Å². The van der Waals surface area contributed by atoms with E-state index in [9.17, 15) is 14.7 Å². The van der Waals surface area contributed by atoms with Crippen molar-refractivity contribution >= 4 is 23.5 Å². The molecule has 0 heterocycles. The number of esters is 1. The Morgan fingerprint density at radius 2 is 1.40 bits per heavy atom. The smallest absolute Gasteiger partial charge is 0.343 e. The van der Waals surface area contributed by atoms with Crippen LogP contribution in [0.2, 0.25) is 5.02 Å². The number of rotatable bonds is 4. The third-order valence-corrected chi connectivity index (χ3v) is 3.87. The number of hydrogen-bond acceptors (Lipinski definition) is 3. The number of carboxylic acid groups (broad SMARTS) is 1. The van der Waals surface area contributed by atoms with Crippen molar-refractivity contribution < 1.29 is 19.4 Å². The van der Waals surface area contributed by atoms with E-state index >= 15 is 0 Å². The molecule has 0 saturated heterocycles. The molecule has 0 amide bonds. The second kappa shape index (κ2) is 7.20. The Kier molecular flexibility index (Phi) is 4.82. The van der Waals surface area contributed by atoms with E-state index in [0.717, 1.165) is 0 Å². The van der Waals surface area contributed by atoms with Crippen LogP contribution in [0.3, 0.4) is 0 Å². The average Bonchev–Trinajstić information content (AvgIpc) is 2.62. The van der Waals surface area contributed by atoms with Crippen LogP contribution in [-0.2, 0) is 0 Å². The van der Waals surface area contributed by atoms with Gasteiger partial charge in [0.1, 0.15) is 5.75 Å². The normalized spacial score (nSPS) is 10.3. The molecular weight excluding hydrogens is 340 g/mol. The van der Waals surface area contributed by atoms with E-state index in [1.165, 1.54) is 6.07 Å². The minimum Gasteiger partial charge on any atom is -0.478 e. The Balaban J connectivity index is 1.98. The van der Waals surface area contributed by atoms with Crippen LogP contribution in [-0.4, -0.2) is 17.0 Å². The van der Waals surface area contributed by atoms with E-state index in [0.29, 0.717) is 21.7 Å². The van der Waals surface area contributed by atoms with Crippen LogP contribution in [0, 0.1) is 0 Å². The first-order valence-electron chi connectivity index (χ1n) is 7.46. The van der Waals surface area contributed by atoms with Gasteiger partial charge in [0.25, 0.3) is 0 Å². The highest BCUT2D eigenvalue weighted by Crippen LogP contribution is 2.32. The SMILES string of the molecule is O=C(Oc1ccccc1-c1ccccc1C(=O)O)c1ccc(Cl)cc1. The first-order valence-corrected chi connectivity index (χ1v) is 7.83. The summed E-state index contributed by atoms with van der Waals surface area (Å²) in [5, 5.41) is 9.90. The maximum Gasteiger partial charge on any atom is 0.343 e. The molecule has 0 bridgehead atoms. The third-order valence-electron chi connectivity index (χ3n) is 3.62. The topological polar surface area (TPSA) is 63.6 Å². The molecule has 0 spiro atoms. The number of carbonyl (C=O) groups excluding carboxylic acids is 1. The number of aromatic carboxylic acids is 1. The summed E-state index contributed by atoms with van der Waals surface area (Å²) in [6, 6.07) is 19.7. The van der Waals surface area contributed by atoms with Crippen LogP contribution in [0.4, 0.5) is 0 Å². The van der Waals surface area contributed by atoms with Crippen molar-refractivity contribution in [3.05, 3.63) is 88.9 Å². The van der Waals surface area contributed by atoms with Gasteiger partial charge in [0.2, 0.25) is 0 Å². The lowest BCUT2D eigenvalue weighted by Crippen LogP contribution is -2.09. The summed E-state index contributed by atoms with van der Waals surface area (Å²) in [5.41, 5.74) is 1.50. The largest absolute Gasteiger partial charge is 0.478 e. The second-order valence-electron chi connectivity index (χ2n) is 5.24. The third kappa shape index (κ3) is 3.70. The Morgan fingerprint density at radius 3 is 2.08 bits per heavy atom. The lowest BCUT2D eigenvalue weighted by atomic mass is 9.99. The van der Waals surface area contributed by atoms with Gasteiger partial charge < -0.3 is 9.84 Å². The molecule has 0 aromatic heterocycles. The van der Waals surface area contributed by atoms with Gasteiger partial charge in [-0.3, -0.25) is 0 Å². The van der Waals surface area contributed by atoms with Gasteiger partial charge in [-0.25, -0.2) is 9.59 Å². The summed E-state index contributed by atoms with van der Waals surface area (Å²) < 4.78 is 5.49. The molecule has 25 heavy (non-hydrogen) atoms. The Hall–Kier alpha value is -3.11. The molecule has 0 fully saturated rings. The summed E-state index contributed by atoms with van der Waals surface area (Å²) in [6.45, 7) is 0. The minimum absolute atomic E-state index is 0.137. The fraction of sp³-hybridized carbons (Fsp3) is 0. The number of carboxylic acids is 1. The number of carbonyl (C=O) groups is 2. The highest BCUT2D eigenvalue weighted by Gasteiger charge is 2.17. The van der Waals surface area contributed by atoms with Crippen LogP contribution in [0.25, 0.3) is 11.1 Å². The number of benzene rings is 3. The van der Waals surface area contributed by atoms with Crippen LogP contribution in [0.15, 0.2) is 72.8 Å². The zero-order chi connectivity index (χ0) is 17.8. The lowest BCUT2D eigenvalue weighted by molar-refractivity contribution is 0.0696. The molecule has 3 aromatic carbocycles. The van der Waals surface area contributed by atoms with Crippen molar-refractivity contribution in [2.24, 2.45) is 0 Å². The molecule has 1 N–H and O–H groups in total. The summed E-state index contributed by atoms with van der Waals surface area (Å²) in [6.07, 6.45) is 0. The van der Waals surface area contributed by atoms with Crippen LogP contribution < -0.4 is 4.74 Å². The second-order valence-corrected chi connectivity index (χ2v) is 5.68. The quantitative estimate of drug-likeness (QED) is 0.534. The van der Waals surface area contributed by atoms with E-state index in [1.807, 2.05) is 0 Å². The maximum absolute atomic E-state index is 12.3. The lowest BCUT2D eigenvalue weighted by Gasteiger charge is -2.12. The number of para-hydroxylation sites is 1. The summed E-state index contributed by atoms with van der Waals surface area (Å²) in [5.74, 6) is -1.30. The fourth-order valence-electron chi connectivity index (χ4n) is 2.43. The number of hydrogen-bond donors (Lipinski definition) is 1. The van der Waals surface area contributed by atoms with Crippen molar-refractivity contribution in [1.29, 1.82) is 0 Å². The maximum atomic E-state index is 12.3. The highest BCUT2D eigenvalue weighted by atomic mass is 35.5. The van der Waals surface area contributed by atoms with Gasteiger partial charge in [-0.1, -0.05) is 48.0 Å². The molecule has 0 aliphatic rings. The highest BCUT2D eigenvalue weighted by molar-refractivity contribution is 6.30.